The van der Waals surface area contributed by atoms with Crippen LogP contribution < -0.4 is 5.11 Å². The van der Waals surface area contributed by atoms with E-state index in [1.165, 1.54) is 23.1 Å². The first-order valence-electron chi connectivity index (χ1n) is 8.83. The highest BCUT2D eigenvalue weighted by Gasteiger charge is 2.35. The maximum absolute atomic E-state index is 12.6. The van der Waals surface area contributed by atoms with Crippen molar-refractivity contribution >= 4 is 46.6 Å². The maximum Gasteiger partial charge on any atom is 0.293 e. The number of furan rings is 1. The van der Waals surface area contributed by atoms with Gasteiger partial charge in [-0.25, -0.2) is 0 Å². The number of amides is 2. The Bertz CT molecular complexity index is 1190. The second-order valence-corrected chi connectivity index (χ2v) is 7.84. The summed E-state index contributed by atoms with van der Waals surface area (Å²) in [5.74, 6) is -0.919. The van der Waals surface area contributed by atoms with E-state index >= 15 is 0 Å². The van der Waals surface area contributed by atoms with Crippen LogP contribution in [-0.4, -0.2) is 22.0 Å². The van der Waals surface area contributed by atoms with E-state index in [9.17, 15) is 19.5 Å². The van der Waals surface area contributed by atoms with Gasteiger partial charge < -0.3 is 14.3 Å². The average molecular weight is 439 g/mol. The van der Waals surface area contributed by atoms with Crippen LogP contribution in [-0.2, 0) is 11.3 Å². The van der Waals surface area contributed by atoms with Gasteiger partial charge in [0.25, 0.3) is 11.1 Å². The van der Waals surface area contributed by atoms with Gasteiger partial charge in [-0.15, -0.1) is 0 Å². The predicted octanol–water partition coefficient (Wildman–Crippen LogP) is 4.20. The minimum atomic E-state index is -1.36. The third kappa shape index (κ3) is 4.03. The Morgan fingerprint density at radius 3 is 2.57 bits per heavy atom. The van der Waals surface area contributed by atoms with Gasteiger partial charge in [-0.3, -0.25) is 14.5 Å². The Morgan fingerprint density at radius 1 is 1.10 bits per heavy atom. The number of carbonyl (C=O) groups is 3. The van der Waals surface area contributed by atoms with E-state index in [0.717, 1.165) is 17.3 Å². The number of aromatic carboxylic acids is 1. The molecule has 0 saturated carbocycles. The van der Waals surface area contributed by atoms with Crippen LogP contribution in [0, 0.1) is 0 Å². The molecule has 0 radical (unpaired) electrons. The van der Waals surface area contributed by atoms with E-state index in [2.05, 4.69) is 0 Å². The van der Waals surface area contributed by atoms with Crippen LogP contribution in [0.15, 0.2) is 70.0 Å². The zero-order valence-corrected chi connectivity index (χ0v) is 16.9. The minimum absolute atomic E-state index is 0.0347. The summed E-state index contributed by atoms with van der Waals surface area (Å²) in [6.07, 6.45) is 1.51. The van der Waals surface area contributed by atoms with Gasteiger partial charge in [0.1, 0.15) is 11.5 Å². The van der Waals surface area contributed by atoms with Crippen molar-refractivity contribution < 1.29 is 23.9 Å². The summed E-state index contributed by atoms with van der Waals surface area (Å²) in [7, 11) is 0. The molecule has 8 heteroatoms. The number of hydrogen-bond acceptors (Lipinski definition) is 6. The molecule has 0 spiro atoms. The van der Waals surface area contributed by atoms with Crippen molar-refractivity contribution in [3.8, 4) is 11.3 Å². The molecule has 2 amide bonds. The van der Waals surface area contributed by atoms with Gasteiger partial charge in [-0.1, -0.05) is 54.1 Å². The number of carboxylic acids is 1. The van der Waals surface area contributed by atoms with Crippen molar-refractivity contribution in [2.75, 3.05) is 0 Å². The molecule has 4 rings (SSSR count). The van der Waals surface area contributed by atoms with Crippen LogP contribution in [0.25, 0.3) is 17.4 Å². The lowest BCUT2D eigenvalue weighted by atomic mass is 10.1. The lowest BCUT2D eigenvalue weighted by molar-refractivity contribution is -0.255. The van der Waals surface area contributed by atoms with Crippen molar-refractivity contribution in [1.29, 1.82) is 0 Å². The summed E-state index contributed by atoms with van der Waals surface area (Å²) >= 11 is 6.82. The van der Waals surface area contributed by atoms with Crippen molar-refractivity contribution in [2.24, 2.45) is 0 Å². The molecule has 0 aliphatic carbocycles. The van der Waals surface area contributed by atoms with Gasteiger partial charge in [0.2, 0.25) is 0 Å². The van der Waals surface area contributed by atoms with Crippen LogP contribution in [0.2, 0.25) is 5.02 Å². The van der Waals surface area contributed by atoms with Gasteiger partial charge in [-0.05, 0) is 35.5 Å². The topological polar surface area (TPSA) is 90.6 Å². The molecule has 3 aromatic rings. The fraction of sp³-hybridized carbons (Fsp3) is 0.0455. The number of carbonyl (C=O) groups excluding carboxylic acids is 3. The van der Waals surface area contributed by atoms with E-state index in [1.807, 2.05) is 30.3 Å². The first-order chi connectivity index (χ1) is 14.4. The van der Waals surface area contributed by atoms with Gasteiger partial charge in [0.15, 0.2) is 0 Å². The Labute approximate surface area is 180 Å². The zero-order valence-electron chi connectivity index (χ0n) is 15.3. The van der Waals surface area contributed by atoms with Gasteiger partial charge in [-0.2, -0.15) is 0 Å². The molecule has 2 aromatic carbocycles. The molecule has 1 aromatic heterocycles. The maximum atomic E-state index is 12.6. The number of nitrogens with zero attached hydrogens (tertiary/aromatic N) is 1. The van der Waals surface area contributed by atoms with Crippen LogP contribution in [0.5, 0.6) is 0 Å². The second-order valence-electron chi connectivity index (χ2n) is 6.44. The summed E-state index contributed by atoms with van der Waals surface area (Å²) in [5, 5.41) is 10.7. The Hall–Kier alpha value is -3.29. The largest absolute Gasteiger partial charge is 0.545 e. The van der Waals surface area contributed by atoms with Crippen LogP contribution in [0.3, 0.4) is 0 Å². The average Bonchev–Trinajstić information content (AvgIpc) is 3.29. The number of imide groups is 1. The lowest BCUT2D eigenvalue weighted by Gasteiger charge is -2.11. The fourth-order valence-electron chi connectivity index (χ4n) is 2.95. The van der Waals surface area contributed by atoms with Crippen molar-refractivity contribution in [1.82, 2.24) is 4.90 Å². The molecule has 1 fully saturated rings. The minimum Gasteiger partial charge on any atom is -0.545 e. The number of thioether (sulfide) groups is 1. The Balaban J connectivity index is 1.54. The van der Waals surface area contributed by atoms with Crippen molar-refractivity contribution in [3.63, 3.8) is 0 Å². The first kappa shape index (κ1) is 20.0. The summed E-state index contributed by atoms with van der Waals surface area (Å²) in [5.41, 5.74) is 1.32. The molecule has 1 aliphatic heterocycles. The van der Waals surface area contributed by atoms with E-state index in [1.54, 1.807) is 18.2 Å². The van der Waals surface area contributed by atoms with Crippen LogP contribution in [0.1, 0.15) is 21.7 Å². The predicted molar refractivity (Wildman–Crippen MR) is 111 cm³/mol. The quantitative estimate of drug-likeness (QED) is 0.554. The van der Waals surface area contributed by atoms with Crippen molar-refractivity contribution in [2.45, 2.75) is 6.54 Å². The molecule has 150 valence electrons. The standard InChI is InChI=1S/C22H14ClNO5S/c23-17-10-14(6-8-16(17)21(26)27)18-9-7-15(29-18)11-19-20(25)24(22(28)30-19)12-13-4-2-1-3-5-13/h1-11H,12H2,(H,26,27)/p-1/b19-11-. The highest BCUT2D eigenvalue weighted by Crippen LogP contribution is 2.34. The molecule has 6 nitrogen and oxygen atoms in total. The third-order valence-corrected chi connectivity index (χ3v) is 5.65. The van der Waals surface area contributed by atoms with Gasteiger partial charge in [0.05, 0.1) is 22.4 Å². The molecule has 30 heavy (non-hydrogen) atoms. The number of halogens is 1. The fourth-order valence-corrected chi connectivity index (χ4v) is 4.03. The number of benzene rings is 2. The third-order valence-electron chi connectivity index (χ3n) is 4.43. The zero-order chi connectivity index (χ0) is 21.3. The molecule has 0 N–H and O–H groups in total. The van der Waals surface area contributed by atoms with Crippen LogP contribution in [0.4, 0.5) is 4.79 Å². The monoisotopic (exact) mass is 438 g/mol. The molecule has 0 bridgehead atoms. The molecule has 0 atom stereocenters. The SMILES string of the molecule is O=C([O-])c1ccc(-c2ccc(/C=C3\SC(=O)N(Cc4ccccc4)C3=O)o2)cc1Cl. The molecule has 0 unspecified atom stereocenters. The lowest BCUT2D eigenvalue weighted by Crippen LogP contribution is -2.27. The number of hydrogen-bond donors (Lipinski definition) is 0. The number of rotatable bonds is 5. The van der Waals surface area contributed by atoms with Crippen molar-refractivity contribution in [3.05, 3.63) is 87.5 Å². The van der Waals surface area contributed by atoms with Gasteiger partial charge >= 0.3 is 0 Å². The Morgan fingerprint density at radius 2 is 1.87 bits per heavy atom. The molecule has 2 heterocycles. The summed E-state index contributed by atoms with van der Waals surface area (Å²) in [4.78, 5) is 37.3. The highest BCUT2D eigenvalue weighted by molar-refractivity contribution is 8.18. The first-order valence-corrected chi connectivity index (χ1v) is 10.0. The van der Waals surface area contributed by atoms with E-state index in [-0.39, 0.29) is 33.2 Å². The Kier molecular flexibility index (Phi) is 5.48. The normalized spacial score (nSPS) is 15.2. The van der Waals surface area contributed by atoms with E-state index in [0.29, 0.717) is 17.1 Å². The molecular weight excluding hydrogens is 426 g/mol. The number of carboxylic acid groups (broad SMARTS) is 1. The highest BCUT2D eigenvalue weighted by atomic mass is 35.5. The van der Waals surface area contributed by atoms with Crippen LogP contribution >= 0.6 is 23.4 Å². The van der Waals surface area contributed by atoms with E-state index in [4.69, 9.17) is 16.0 Å². The van der Waals surface area contributed by atoms with Gasteiger partial charge in [0, 0.05) is 17.2 Å². The smallest absolute Gasteiger partial charge is 0.293 e. The molecular formula is C22H13ClNO5S-. The molecule has 1 saturated heterocycles. The summed E-state index contributed by atoms with van der Waals surface area (Å²) in [6.45, 7) is 0.204. The summed E-state index contributed by atoms with van der Waals surface area (Å²) in [6, 6.07) is 16.9. The summed E-state index contributed by atoms with van der Waals surface area (Å²) < 4.78 is 5.73. The molecule has 1 aliphatic rings. The van der Waals surface area contributed by atoms with E-state index < -0.39 is 5.97 Å². The second kappa shape index (κ2) is 8.22.